The zero-order chi connectivity index (χ0) is 27.9. The number of piperidine rings is 2. The van der Waals surface area contributed by atoms with Crippen LogP contribution in [0.3, 0.4) is 0 Å². The van der Waals surface area contributed by atoms with Gasteiger partial charge in [0.05, 0.1) is 16.1 Å². The highest BCUT2D eigenvalue weighted by Crippen LogP contribution is 2.30. The number of likely N-dealkylation sites (N-methyl/N-ethyl adjacent to an activating group) is 2. The van der Waals surface area contributed by atoms with Gasteiger partial charge in [0, 0.05) is 45.2 Å². The summed E-state index contributed by atoms with van der Waals surface area (Å²) in [5.41, 5.74) is 1.80. The first-order valence-corrected chi connectivity index (χ1v) is 14.9. The Morgan fingerprint density at radius 2 is 1.64 bits per heavy atom. The highest BCUT2D eigenvalue weighted by atomic mass is 35.5. The van der Waals surface area contributed by atoms with Gasteiger partial charge in [-0.2, -0.15) is 0 Å². The van der Waals surface area contributed by atoms with Crippen LogP contribution in [0.1, 0.15) is 60.4 Å². The molecule has 0 bridgehead atoms. The van der Waals surface area contributed by atoms with Crippen LogP contribution in [-0.4, -0.2) is 97.4 Å². The molecule has 2 aliphatic heterocycles. The molecule has 2 aromatic rings. The zero-order valence-corrected chi connectivity index (χ0v) is 25.0. The molecule has 0 aromatic heterocycles. The van der Waals surface area contributed by atoms with E-state index in [1.807, 2.05) is 74.6 Å². The van der Waals surface area contributed by atoms with Crippen LogP contribution in [-0.2, 0) is 4.79 Å². The van der Waals surface area contributed by atoms with Crippen LogP contribution in [0.5, 0.6) is 0 Å². The van der Waals surface area contributed by atoms with Gasteiger partial charge in [-0.1, -0.05) is 53.9 Å². The Hall–Kier alpha value is -2.12. The molecule has 0 aliphatic carbocycles. The average molecular weight is 574 g/mol. The molecule has 2 amide bonds. The van der Waals surface area contributed by atoms with Crippen LogP contribution in [0.15, 0.2) is 48.5 Å². The minimum Gasteiger partial charge on any atom is -0.347 e. The Balaban J connectivity index is 1.38. The normalized spacial score (nSPS) is 20.0. The number of halogens is 2. The van der Waals surface area contributed by atoms with Crippen molar-refractivity contribution in [2.24, 2.45) is 0 Å². The molecule has 2 fully saturated rings. The Morgan fingerprint density at radius 1 is 0.923 bits per heavy atom. The Morgan fingerprint density at radius 3 is 2.31 bits per heavy atom. The van der Waals surface area contributed by atoms with E-state index in [4.69, 9.17) is 23.2 Å². The fourth-order valence-electron chi connectivity index (χ4n) is 6.11. The Bertz CT molecular complexity index is 1110. The second-order valence-electron chi connectivity index (χ2n) is 11.3. The lowest BCUT2D eigenvalue weighted by Crippen LogP contribution is -2.55. The van der Waals surface area contributed by atoms with E-state index in [1.54, 1.807) is 4.90 Å². The monoisotopic (exact) mass is 572 g/mol. The van der Waals surface area contributed by atoms with Crippen molar-refractivity contribution in [3.8, 4) is 0 Å². The molecule has 2 atom stereocenters. The summed E-state index contributed by atoms with van der Waals surface area (Å²) in [6.45, 7) is 4.62. The summed E-state index contributed by atoms with van der Waals surface area (Å²) in [5.74, 6) is 0.403. The highest BCUT2D eigenvalue weighted by Gasteiger charge is 2.35. The first-order chi connectivity index (χ1) is 18.7. The van der Waals surface area contributed by atoms with Gasteiger partial charge < -0.3 is 14.7 Å². The molecule has 4 rings (SSSR count). The fraction of sp³-hybridized carbons (Fsp3) is 0.548. The van der Waals surface area contributed by atoms with Crippen molar-refractivity contribution in [3.63, 3.8) is 0 Å². The molecule has 0 unspecified atom stereocenters. The first-order valence-electron chi connectivity index (χ1n) is 14.2. The summed E-state index contributed by atoms with van der Waals surface area (Å²) in [6.07, 6.45) is 6.37. The van der Waals surface area contributed by atoms with Crippen LogP contribution in [0.4, 0.5) is 0 Å². The molecule has 8 heteroatoms. The minimum atomic E-state index is 0.0184. The summed E-state index contributed by atoms with van der Waals surface area (Å²) in [7, 11) is 5.61. The van der Waals surface area contributed by atoms with Crippen molar-refractivity contribution in [3.05, 3.63) is 69.7 Å². The van der Waals surface area contributed by atoms with Crippen LogP contribution >= 0.6 is 23.2 Å². The van der Waals surface area contributed by atoms with E-state index < -0.39 is 0 Å². The second kappa shape index (κ2) is 14.0. The van der Waals surface area contributed by atoms with Crippen LogP contribution in [0.2, 0.25) is 10.0 Å². The maximum absolute atomic E-state index is 13.1. The lowest BCUT2D eigenvalue weighted by Gasteiger charge is -2.44. The zero-order valence-electron chi connectivity index (χ0n) is 23.5. The molecule has 0 saturated carbocycles. The van der Waals surface area contributed by atoms with Crippen molar-refractivity contribution in [2.45, 2.75) is 56.5 Å². The van der Waals surface area contributed by atoms with Crippen molar-refractivity contribution in [2.75, 3.05) is 53.9 Å². The summed E-state index contributed by atoms with van der Waals surface area (Å²) in [5, 5.41) is 1.08. The maximum Gasteiger partial charge on any atom is 0.253 e. The predicted octanol–water partition coefficient (Wildman–Crippen LogP) is 5.65. The van der Waals surface area contributed by atoms with Crippen molar-refractivity contribution < 1.29 is 9.59 Å². The van der Waals surface area contributed by atoms with Crippen LogP contribution < -0.4 is 0 Å². The second-order valence-corrected chi connectivity index (χ2v) is 12.1. The Kier molecular flexibility index (Phi) is 10.7. The standard InChI is InChI=1S/C31H42Cl2N4O2/c1-34(2)31(39)29-11-7-8-17-37(29)26-15-19-36(20-16-26)18-14-25(24-12-13-27(32)28(33)21-24)22-35(3)30(38)23-9-5-4-6-10-23/h4-6,9-10,12-13,21,25-26,29H,7-8,11,14-20,22H2,1-3H3/t25-,29+/m1/s1. The number of nitrogens with zero attached hydrogens (tertiary/aromatic N) is 4. The topological polar surface area (TPSA) is 47.1 Å². The molecule has 2 heterocycles. The lowest BCUT2D eigenvalue weighted by atomic mass is 9.92. The van der Waals surface area contributed by atoms with E-state index in [1.165, 1.54) is 6.42 Å². The molecular weight excluding hydrogens is 531 g/mol. The average Bonchev–Trinajstić information content (AvgIpc) is 2.96. The molecule has 212 valence electrons. The molecule has 39 heavy (non-hydrogen) atoms. The van der Waals surface area contributed by atoms with Crippen molar-refractivity contribution in [1.82, 2.24) is 19.6 Å². The number of benzene rings is 2. The third-order valence-electron chi connectivity index (χ3n) is 8.37. The van der Waals surface area contributed by atoms with Gasteiger partial charge >= 0.3 is 0 Å². The van der Waals surface area contributed by atoms with E-state index in [2.05, 4.69) is 9.80 Å². The summed E-state index contributed by atoms with van der Waals surface area (Å²) >= 11 is 12.6. The molecule has 2 aliphatic rings. The SMILES string of the molecule is CN(C)C(=O)[C@@H]1CCCCN1C1CCN(CC[C@H](CN(C)C(=O)c2ccccc2)c2ccc(Cl)c(Cl)c2)CC1. The molecule has 2 aromatic carbocycles. The quantitative estimate of drug-likeness (QED) is 0.389. The molecule has 6 nitrogen and oxygen atoms in total. The maximum atomic E-state index is 13.1. The van der Waals surface area contributed by atoms with Crippen molar-refractivity contribution in [1.29, 1.82) is 0 Å². The van der Waals surface area contributed by atoms with Gasteiger partial charge in [-0.3, -0.25) is 14.5 Å². The number of hydrogen-bond donors (Lipinski definition) is 0. The third kappa shape index (κ3) is 7.75. The van der Waals surface area contributed by atoms with Gasteiger partial charge in [-0.25, -0.2) is 0 Å². The van der Waals surface area contributed by atoms with E-state index in [0.717, 1.165) is 63.8 Å². The summed E-state index contributed by atoms with van der Waals surface area (Å²) < 4.78 is 0. The number of hydrogen-bond acceptors (Lipinski definition) is 4. The van der Waals surface area contributed by atoms with Gasteiger partial charge in [0.25, 0.3) is 5.91 Å². The van der Waals surface area contributed by atoms with E-state index in [0.29, 0.717) is 28.2 Å². The van der Waals surface area contributed by atoms with Gasteiger partial charge in [0.1, 0.15) is 0 Å². The number of carbonyl (C=O) groups excluding carboxylic acids is 2. The largest absolute Gasteiger partial charge is 0.347 e. The van der Waals surface area contributed by atoms with Crippen molar-refractivity contribution >= 4 is 35.0 Å². The molecule has 2 saturated heterocycles. The first kappa shape index (κ1) is 29.9. The van der Waals surface area contributed by atoms with Crippen LogP contribution in [0.25, 0.3) is 0 Å². The number of amides is 2. The summed E-state index contributed by atoms with van der Waals surface area (Å²) in [4.78, 5) is 34.5. The highest BCUT2D eigenvalue weighted by molar-refractivity contribution is 6.42. The summed E-state index contributed by atoms with van der Waals surface area (Å²) in [6, 6.07) is 15.7. The van der Waals surface area contributed by atoms with Gasteiger partial charge in [0.15, 0.2) is 0 Å². The predicted molar refractivity (Wildman–Crippen MR) is 160 cm³/mol. The molecular formula is C31H42Cl2N4O2. The van der Waals surface area contributed by atoms with E-state index in [9.17, 15) is 9.59 Å². The van der Waals surface area contributed by atoms with E-state index >= 15 is 0 Å². The number of carbonyl (C=O) groups is 2. The Labute approximate surface area is 243 Å². The van der Waals surface area contributed by atoms with Gasteiger partial charge in [-0.15, -0.1) is 0 Å². The van der Waals surface area contributed by atoms with Crippen LogP contribution in [0, 0.1) is 0 Å². The molecule has 0 radical (unpaired) electrons. The fourth-order valence-corrected chi connectivity index (χ4v) is 6.42. The smallest absolute Gasteiger partial charge is 0.253 e. The lowest BCUT2D eigenvalue weighted by molar-refractivity contribution is -0.137. The minimum absolute atomic E-state index is 0.0184. The van der Waals surface area contributed by atoms with Gasteiger partial charge in [-0.05, 0) is 88.1 Å². The van der Waals surface area contributed by atoms with E-state index in [-0.39, 0.29) is 23.8 Å². The van der Waals surface area contributed by atoms with Gasteiger partial charge in [0.2, 0.25) is 5.91 Å². The third-order valence-corrected chi connectivity index (χ3v) is 9.11. The molecule has 0 N–H and O–H groups in total. The molecule has 0 spiro atoms. The number of rotatable bonds is 9. The number of likely N-dealkylation sites (tertiary alicyclic amines) is 2.